The van der Waals surface area contributed by atoms with Gasteiger partial charge in [0.2, 0.25) is 0 Å². The molecule has 0 aromatic heterocycles. The number of aliphatic hydroxyl groups excluding tert-OH is 2. The SMILES string of the molecule is CCNCc1cccc(C(O)C(O)CS)c1. The van der Waals surface area contributed by atoms with Crippen molar-refractivity contribution in [2.24, 2.45) is 0 Å². The van der Waals surface area contributed by atoms with Crippen LogP contribution in [0.2, 0.25) is 0 Å². The van der Waals surface area contributed by atoms with Crippen LogP contribution in [0.25, 0.3) is 0 Å². The van der Waals surface area contributed by atoms with Gasteiger partial charge in [-0.05, 0) is 17.7 Å². The summed E-state index contributed by atoms with van der Waals surface area (Å²) in [4.78, 5) is 0. The highest BCUT2D eigenvalue weighted by Crippen LogP contribution is 2.18. The first-order valence-corrected chi connectivity index (χ1v) is 6.08. The van der Waals surface area contributed by atoms with Gasteiger partial charge in [0.1, 0.15) is 6.10 Å². The van der Waals surface area contributed by atoms with E-state index >= 15 is 0 Å². The van der Waals surface area contributed by atoms with Crippen LogP contribution >= 0.6 is 12.6 Å². The summed E-state index contributed by atoms with van der Waals surface area (Å²) in [5.74, 6) is 0.249. The van der Waals surface area contributed by atoms with Crippen LogP contribution in [-0.4, -0.2) is 28.6 Å². The standard InChI is InChI=1S/C12H19NO2S/c1-2-13-7-9-4-3-5-10(6-9)12(15)11(14)8-16/h3-6,11-16H,2,7-8H2,1H3. The van der Waals surface area contributed by atoms with E-state index in [9.17, 15) is 10.2 Å². The van der Waals surface area contributed by atoms with E-state index in [2.05, 4.69) is 17.9 Å². The van der Waals surface area contributed by atoms with Gasteiger partial charge in [0.25, 0.3) is 0 Å². The van der Waals surface area contributed by atoms with Crippen molar-refractivity contribution >= 4 is 12.6 Å². The van der Waals surface area contributed by atoms with Crippen molar-refractivity contribution in [3.05, 3.63) is 35.4 Å². The lowest BCUT2D eigenvalue weighted by atomic mass is 10.0. The molecule has 1 aromatic carbocycles. The van der Waals surface area contributed by atoms with Gasteiger partial charge in [-0.2, -0.15) is 12.6 Å². The molecule has 0 bridgehead atoms. The quantitative estimate of drug-likeness (QED) is 0.565. The first kappa shape index (κ1) is 13.5. The highest BCUT2D eigenvalue weighted by Gasteiger charge is 2.16. The van der Waals surface area contributed by atoms with E-state index in [1.165, 1.54) is 0 Å². The molecule has 0 radical (unpaired) electrons. The second-order valence-electron chi connectivity index (χ2n) is 3.72. The topological polar surface area (TPSA) is 52.5 Å². The average Bonchev–Trinajstić information content (AvgIpc) is 2.34. The molecule has 0 aliphatic rings. The fourth-order valence-corrected chi connectivity index (χ4v) is 1.68. The Labute approximate surface area is 102 Å². The first-order chi connectivity index (χ1) is 7.69. The number of hydrogen-bond donors (Lipinski definition) is 4. The molecule has 0 saturated heterocycles. The highest BCUT2D eigenvalue weighted by atomic mass is 32.1. The van der Waals surface area contributed by atoms with Gasteiger partial charge in [-0.3, -0.25) is 0 Å². The zero-order chi connectivity index (χ0) is 12.0. The molecule has 0 saturated carbocycles. The Balaban J connectivity index is 2.73. The monoisotopic (exact) mass is 241 g/mol. The molecule has 90 valence electrons. The van der Waals surface area contributed by atoms with E-state index in [-0.39, 0.29) is 5.75 Å². The van der Waals surface area contributed by atoms with E-state index < -0.39 is 12.2 Å². The first-order valence-electron chi connectivity index (χ1n) is 5.45. The van der Waals surface area contributed by atoms with Gasteiger partial charge in [-0.1, -0.05) is 31.2 Å². The number of rotatable bonds is 6. The second kappa shape index (κ2) is 6.91. The minimum Gasteiger partial charge on any atom is -0.389 e. The zero-order valence-electron chi connectivity index (χ0n) is 9.43. The molecule has 1 rings (SSSR count). The molecular formula is C12H19NO2S. The predicted molar refractivity (Wildman–Crippen MR) is 68.6 cm³/mol. The molecule has 3 N–H and O–H groups in total. The third-order valence-corrected chi connectivity index (χ3v) is 2.80. The molecule has 1 aromatic rings. The molecule has 0 aliphatic carbocycles. The molecule has 2 atom stereocenters. The molecule has 2 unspecified atom stereocenters. The van der Waals surface area contributed by atoms with Crippen LogP contribution in [0.3, 0.4) is 0 Å². The summed E-state index contributed by atoms with van der Waals surface area (Å²) in [5, 5.41) is 22.5. The lowest BCUT2D eigenvalue weighted by Gasteiger charge is -2.17. The summed E-state index contributed by atoms with van der Waals surface area (Å²) >= 11 is 3.97. The van der Waals surface area contributed by atoms with Gasteiger partial charge >= 0.3 is 0 Å². The maximum Gasteiger partial charge on any atom is 0.106 e. The number of aliphatic hydroxyl groups is 2. The van der Waals surface area contributed by atoms with Crippen LogP contribution in [0.5, 0.6) is 0 Å². The predicted octanol–water partition coefficient (Wildman–Crippen LogP) is 1.12. The van der Waals surface area contributed by atoms with Crippen molar-refractivity contribution < 1.29 is 10.2 Å². The third-order valence-electron chi connectivity index (χ3n) is 2.42. The smallest absolute Gasteiger partial charge is 0.106 e. The maximum absolute atomic E-state index is 9.82. The molecule has 4 heteroatoms. The molecule has 16 heavy (non-hydrogen) atoms. The lowest BCUT2D eigenvalue weighted by Crippen LogP contribution is -2.20. The summed E-state index contributed by atoms with van der Waals surface area (Å²) in [6, 6.07) is 7.59. The minimum atomic E-state index is -0.862. The summed E-state index contributed by atoms with van der Waals surface area (Å²) < 4.78 is 0. The normalized spacial score (nSPS) is 14.8. The minimum absolute atomic E-state index is 0.249. The molecule has 3 nitrogen and oxygen atoms in total. The van der Waals surface area contributed by atoms with Gasteiger partial charge in [-0.25, -0.2) is 0 Å². The van der Waals surface area contributed by atoms with Crippen LogP contribution in [0.1, 0.15) is 24.2 Å². The fraction of sp³-hybridized carbons (Fsp3) is 0.500. The summed E-state index contributed by atoms with van der Waals surface area (Å²) in [5.41, 5.74) is 1.83. The van der Waals surface area contributed by atoms with Crippen molar-refractivity contribution in [2.75, 3.05) is 12.3 Å². The Morgan fingerprint density at radius 3 is 2.75 bits per heavy atom. The molecule has 0 heterocycles. The van der Waals surface area contributed by atoms with E-state index in [0.717, 1.165) is 24.2 Å². The van der Waals surface area contributed by atoms with E-state index in [0.29, 0.717) is 0 Å². The Kier molecular flexibility index (Phi) is 5.84. The summed E-state index contributed by atoms with van der Waals surface area (Å²) in [6.07, 6.45) is -1.68. The molecule has 0 aliphatic heterocycles. The zero-order valence-corrected chi connectivity index (χ0v) is 10.3. The van der Waals surface area contributed by atoms with Crippen LogP contribution < -0.4 is 5.32 Å². The van der Waals surface area contributed by atoms with Crippen LogP contribution in [0, 0.1) is 0 Å². The van der Waals surface area contributed by atoms with E-state index in [4.69, 9.17) is 0 Å². The van der Waals surface area contributed by atoms with Gasteiger partial charge in [0.15, 0.2) is 0 Å². The van der Waals surface area contributed by atoms with E-state index in [1.54, 1.807) is 0 Å². The Bertz CT molecular complexity index is 320. The van der Waals surface area contributed by atoms with Crippen molar-refractivity contribution in [3.63, 3.8) is 0 Å². The van der Waals surface area contributed by atoms with Crippen molar-refractivity contribution in [2.45, 2.75) is 25.7 Å². The third kappa shape index (κ3) is 3.79. The summed E-state index contributed by atoms with van der Waals surface area (Å²) in [7, 11) is 0. The Morgan fingerprint density at radius 2 is 2.12 bits per heavy atom. The highest BCUT2D eigenvalue weighted by molar-refractivity contribution is 7.80. The number of benzene rings is 1. The van der Waals surface area contributed by atoms with Gasteiger partial charge < -0.3 is 15.5 Å². The lowest BCUT2D eigenvalue weighted by molar-refractivity contribution is 0.0337. The Hall–Kier alpha value is -0.550. The van der Waals surface area contributed by atoms with Crippen molar-refractivity contribution in [3.8, 4) is 0 Å². The fourth-order valence-electron chi connectivity index (χ4n) is 1.48. The number of thiol groups is 1. The van der Waals surface area contributed by atoms with Crippen LogP contribution in [0.4, 0.5) is 0 Å². The molecule has 0 amide bonds. The van der Waals surface area contributed by atoms with Gasteiger partial charge in [0.05, 0.1) is 6.10 Å². The average molecular weight is 241 g/mol. The van der Waals surface area contributed by atoms with Crippen molar-refractivity contribution in [1.82, 2.24) is 5.32 Å². The van der Waals surface area contributed by atoms with Gasteiger partial charge in [-0.15, -0.1) is 0 Å². The van der Waals surface area contributed by atoms with Gasteiger partial charge in [0, 0.05) is 12.3 Å². The molecular weight excluding hydrogens is 222 g/mol. The van der Waals surface area contributed by atoms with Crippen LogP contribution in [0.15, 0.2) is 24.3 Å². The number of hydrogen-bond acceptors (Lipinski definition) is 4. The number of nitrogens with one attached hydrogen (secondary N) is 1. The maximum atomic E-state index is 9.82. The largest absolute Gasteiger partial charge is 0.389 e. The summed E-state index contributed by atoms with van der Waals surface area (Å²) in [6.45, 7) is 3.73. The second-order valence-corrected chi connectivity index (χ2v) is 4.09. The van der Waals surface area contributed by atoms with Crippen molar-refractivity contribution in [1.29, 1.82) is 0 Å². The Morgan fingerprint density at radius 1 is 1.38 bits per heavy atom. The van der Waals surface area contributed by atoms with E-state index in [1.807, 2.05) is 31.2 Å². The molecule has 0 fully saturated rings. The molecule has 0 spiro atoms. The van der Waals surface area contributed by atoms with Crippen LogP contribution in [-0.2, 0) is 6.54 Å².